The number of aromatic nitrogens is 3. The summed E-state index contributed by atoms with van der Waals surface area (Å²) < 4.78 is 43.4. The van der Waals surface area contributed by atoms with Gasteiger partial charge in [-0.1, -0.05) is 30.3 Å². The van der Waals surface area contributed by atoms with E-state index in [0.717, 1.165) is 12.0 Å². The largest absolute Gasteiger partial charge is 0.478 e. The molecule has 1 aliphatic rings. The Morgan fingerprint density at radius 1 is 1.02 bits per heavy atom. The third-order valence-corrected chi connectivity index (χ3v) is 7.67. The summed E-state index contributed by atoms with van der Waals surface area (Å²) in [5, 5.41) is 9.53. The summed E-state index contributed by atoms with van der Waals surface area (Å²) in [6, 6.07) is 19.9. The number of rotatable bonds is 9. The van der Waals surface area contributed by atoms with Crippen LogP contribution in [-0.2, 0) is 24.3 Å². The minimum Gasteiger partial charge on any atom is -0.478 e. The number of aryl methyl sites for hydroxylation is 1. The fourth-order valence-corrected chi connectivity index (χ4v) is 5.54. The molecule has 0 bridgehead atoms. The Morgan fingerprint density at radius 2 is 1.79 bits per heavy atom. The van der Waals surface area contributed by atoms with Crippen molar-refractivity contribution in [2.24, 2.45) is 0 Å². The van der Waals surface area contributed by atoms with Crippen LogP contribution in [0.25, 0.3) is 22.3 Å². The molecule has 0 saturated carbocycles. The second kappa shape index (κ2) is 11.2. The number of nitrogens with zero attached hydrogens (tertiary/aromatic N) is 3. The Morgan fingerprint density at radius 3 is 2.51 bits per heavy atom. The van der Waals surface area contributed by atoms with Crippen LogP contribution >= 0.6 is 0 Å². The molecule has 43 heavy (non-hydrogen) atoms. The molecule has 1 atom stereocenters. The maximum absolute atomic E-state index is 15.5. The molecule has 3 heterocycles. The topological polar surface area (TPSA) is 86.5 Å². The van der Waals surface area contributed by atoms with Crippen molar-refractivity contribution < 1.29 is 28.2 Å². The second-order valence-electron chi connectivity index (χ2n) is 11.6. The monoisotopic (exact) mass is 583 g/mol. The van der Waals surface area contributed by atoms with Gasteiger partial charge in [-0.05, 0) is 68.3 Å². The van der Waals surface area contributed by atoms with Gasteiger partial charge in [-0.3, -0.25) is 0 Å². The van der Waals surface area contributed by atoms with Crippen molar-refractivity contribution in [3.05, 3.63) is 113 Å². The number of carboxylic acid groups (broad SMARTS) is 1. The van der Waals surface area contributed by atoms with Crippen LogP contribution in [0, 0.1) is 18.6 Å². The standard InChI is InChI=1S/C34H31F2N3O4/c1-20-7-8-24(26(35)13-20)19-42-32-6-4-5-28(38-32)22-10-9-21(27(36)14-22)16-31-37-29-12-11-23(33(40)41)15-30(29)39(31)18-25-17-34(2,3)43-25/h4-15,25H,16-19H2,1-3H3,(H,40,41). The fraction of sp³-hybridized carbons (Fsp3) is 0.265. The summed E-state index contributed by atoms with van der Waals surface area (Å²) in [5.41, 5.74) is 4.04. The molecule has 220 valence electrons. The molecule has 7 nitrogen and oxygen atoms in total. The van der Waals surface area contributed by atoms with Crippen LogP contribution in [0.15, 0.2) is 72.8 Å². The van der Waals surface area contributed by atoms with Crippen molar-refractivity contribution >= 4 is 17.0 Å². The average molecular weight is 584 g/mol. The quantitative estimate of drug-likeness (QED) is 0.199. The van der Waals surface area contributed by atoms with E-state index in [-0.39, 0.29) is 36.1 Å². The van der Waals surface area contributed by atoms with E-state index in [0.29, 0.717) is 51.7 Å². The number of hydrogen-bond acceptors (Lipinski definition) is 5. The zero-order valence-electron chi connectivity index (χ0n) is 24.1. The molecule has 2 aromatic heterocycles. The van der Waals surface area contributed by atoms with Gasteiger partial charge >= 0.3 is 5.97 Å². The SMILES string of the molecule is Cc1ccc(COc2cccc(-c3ccc(Cc4nc5ccc(C(=O)O)cc5n4CC4CC(C)(C)O4)c(F)c3)n2)c(F)c1. The van der Waals surface area contributed by atoms with Crippen LogP contribution in [0.3, 0.4) is 0 Å². The van der Waals surface area contributed by atoms with Crippen molar-refractivity contribution in [1.82, 2.24) is 14.5 Å². The number of halogens is 2. The summed E-state index contributed by atoms with van der Waals surface area (Å²) >= 11 is 0. The molecule has 9 heteroatoms. The van der Waals surface area contributed by atoms with Crippen LogP contribution in [0.5, 0.6) is 5.88 Å². The maximum atomic E-state index is 15.5. The summed E-state index contributed by atoms with van der Waals surface area (Å²) in [4.78, 5) is 20.9. The van der Waals surface area contributed by atoms with E-state index >= 15 is 4.39 Å². The molecule has 0 spiro atoms. The van der Waals surface area contributed by atoms with Crippen LogP contribution in [-0.4, -0.2) is 37.3 Å². The number of carboxylic acids is 1. The van der Waals surface area contributed by atoms with Crippen molar-refractivity contribution in [3.8, 4) is 17.1 Å². The van der Waals surface area contributed by atoms with Gasteiger partial charge in [-0.15, -0.1) is 0 Å². The lowest BCUT2D eigenvalue weighted by molar-refractivity contribution is -0.188. The lowest BCUT2D eigenvalue weighted by atomic mass is 9.93. The first-order chi connectivity index (χ1) is 20.5. The number of aromatic carboxylic acids is 1. The fourth-order valence-electron chi connectivity index (χ4n) is 5.54. The van der Waals surface area contributed by atoms with Crippen molar-refractivity contribution in [2.75, 3.05) is 0 Å². The zero-order chi connectivity index (χ0) is 30.3. The number of ether oxygens (including phenoxy) is 2. The van der Waals surface area contributed by atoms with Gasteiger partial charge in [0.15, 0.2) is 0 Å². The predicted molar refractivity (Wildman–Crippen MR) is 158 cm³/mol. The van der Waals surface area contributed by atoms with Crippen LogP contribution in [0.2, 0.25) is 0 Å². The Labute approximate surface area is 247 Å². The van der Waals surface area contributed by atoms with Crippen LogP contribution in [0.4, 0.5) is 8.78 Å². The molecular weight excluding hydrogens is 552 g/mol. The normalized spacial score (nSPS) is 15.8. The average Bonchev–Trinajstić information content (AvgIpc) is 3.28. The molecule has 0 amide bonds. The van der Waals surface area contributed by atoms with Gasteiger partial charge in [0.05, 0.1) is 40.5 Å². The summed E-state index contributed by atoms with van der Waals surface area (Å²) in [7, 11) is 0. The number of imidazole rings is 1. The van der Waals surface area contributed by atoms with E-state index in [1.54, 1.807) is 48.5 Å². The highest BCUT2D eigenvalue weighted by Gasteiger charge is 2.37. The Balaban J connectivity index is 1.24. The van der Waals surface area contributed by atoms with Crippen LogP contribution in [0.1, 0.15) is 53.1 Å². The van der Waals surface area contributed by atoms with Gasteiger partial charge in [0.25, 0.3) is 0 Å². The highest BCUT2D eigenvalue weighted by atomic mass is 19.1. The highest BCUT2D eigenvalue weighted by Crippen LogP contribution is 2.34. The minimum atomic E-state index is -1.02. The van der Waals surface area contributed by atoms with E-state index in [1.807, 2.05) is 31.4 Å². The molecule has 3 aromatic carbocycles. The summed E-state index contributed by atoms with van der Waals surface area (Å²) in [5.74, 6) is -0.858. The molecule has 1 unspecified atom stereocenters. The first kappa shape index (κ1) is 28.5. The Bertz CT molecular complexity index is 1840. The Hall–Kier alpha value is -4.63. The smallest absolute Gasteiger partial charge is 0.335 e. The molecule has 1 N–H and O–H groups in total. The molecular formula is C34H31F2N3O4. The Kier molecular flexibility index (Phi) is 7.43. The van der Waals surface area contributed by atoms with Gasteiger partial charge in [0.2, 0.25) is 5.88 Å². The number of hydrogen-bond donors (Lipinski definition) is 1. The van der Waals surface area contributed by atoms with E-state index in [1.165, 1.54) is 18.2 Å². The predicted octanol–water partition coefficient (Wildman–Crippen LogP) is 7.12. The molecule has 0 radical (unpaired) electrons. The molecule has 5 aromatic rings. The highest BCUT2D eigenvalue weighted by molar-refractivity contribution is 5.92. The van der Waals surface area contributed by atoms with E-state index in [4.69, 9.17) is 14.5 Å². The lowest BCUT2D eigenvalue weighted by Crippen LogP contribution is -2.47. The van der Waals surface area contributed by atoms with Crippen molar-refractivity contribution in [2.45, 2.75) is 58.5 Å². The van der Waals surface area contributed by atoms with Gasteiger partial charge in [0, 0.05) is 30.0 Å². The molecule has 6 rings (SSSR count). The molecule has 1 fully saturated rings. The van der Waals surface area contributed by atoms with Crippen molar-refractivity contribution in [3.63, 3.8) is 0 Å². The van der Waals surface area contributed by atoms with Gasteiger partial charge < -0.3 is 19.1 Å². The summed E-state index contributed by atoms with van der Waals surface area (Å²) in [6.45, 7) is 6.38. The van der Waals surface area contributed by atoms with Gasteiger partial charge in [-0.25, -0.2) is 23.5 Å². The number of fused-ring (bicyclic) bond motifs is 1. The first-order valence-electron chi connectivity index (χ1n) is 14.1. The molecule has 1 saturated heterocycles. The van der Waals surface area contributed by atoms with Gasteiger partial charge in [-0.2, -0.15) is 0 Å². The lowest BCUT2D eigenvalue weighted by Gasteiger charge is -2.43. The van der Waals surface area contributed by atoms with E-state index < -0.39 is 11.8 Å². The van der Waals surface area contributed by atoms with Crippen LogP contribution < -0.4 is 4.74 Å². The third kappa shape index (κ3) is 6.12. The van der Waals surface area contributed by atoms with E-state index in [9.17, 15) is 14.3 Å². The molecule has 0 aliphatic carbocycles. The van der Waals surface area contributed by atoms with Gasteiger partial charge in [0.1, 0.15) is 24.1 Å². The zero-order valence-corrected chi connectivity index (χ0v) is 24.1. The van der Waals surface area contributed by atoms with Crippen molar-refractivity contribution in [1.29, 1.82) is 0 Å². The summed E-state index contributed by atoms with van der Waals surface area (Å²) in [6.07, 6.45) is 1.01. The number of carbonyl (C=O) groups is 1. The maximum Gasteiger partial charge on any atom is 0.335 e. The minimum absolute atomic E-state index is 0.0220. The second-order valence-corrected chi connectivity index (χ2v) is 11.6. The first-order valence-corrected chi connectivity index (χ1v) is 14.1. The third-order valence-electron chi connectivity index (χ3n) is 7.67. The number of benzene rings is 3. The number of pyridine rings is 1. The molecule has 1 aliphatic heterocycles. The van der Waals surface area contributed by atoms with E-state index in [2.05, 4.69) is 4.98 Å².